The second kappa shape index (κ2) is 4.45. The van der Waals surface area contributed by atoms with Gasteiger partial charge in [-0.3, -0.25) is 0 Å². The summed E-state index contributed by atoms with van der Waals surface area (Å²) in [5, 5.41) is -0.316. The van der Waals surface area contributed by atoms with Crippen LogP contribution < -0.4 is 0 Å². The Labute approximate surface area is 93.4 Å². The van der Waals surface area contributed by atoms with Crippen LogP contribution >= 0.6 is 15.9 Å². The third kappa shape index (κ3) is 3.42. The van der Waals surface area contributed by atoms with Crippen molar-refractivity contribution in [3.05, 3.63) is 34.3 Å². The van der Waals surface area contributed by atoms with Gasteiger partial charge in [0.15, 0.2) is 0 Å². The van der Waals surface area contributed by atoms with E-state index in [1.807, 2.05) is 24.3 Å². The Morgan fingerprint density at radius 3 is 2.21 bits per heavy atom. The van der Waals surface area contributed by atoms with Crippen LogP contribution in [-0.4, -0.2) is 19.9 Å². The molecule has 1 aromatic carbocycles. The average molecular weight is 277 g/mol. The van der Waals surface area contributed by atoms with E-state index in [-0.39, 0.29) is 5.25 Å². The van der Waals surface area contributed by atoms with Crippen molar-refractivity contribution < 1.29 is 8.42 Å². The van der Waals surface area contributed by atoms with Gasteiger partial charge in [-0.2, -0.15) is 0 Å². The van der Waals surface area contributed by atoms with Gasteiger partial charge in [-0.25, -0.2) is 8.42 Å². The van der Waals surface area contributed by atoms with E-state index < -0.39 is 9.84 Å². The maximum Gasteiger partial charge on any atom is 0.150 e. The van der Waals surface area contributed by atoms with Crippen LogP contribution in [0.25, 0.3) is 0 Å². The number of halogens is 1. The van der Waals surface area contributed by atoms with Gasteiger partial charge in [-0.1, -0.05) is 28.1 Å². The number of hydrogen-bond donors (Lipinski definition) is 0. The number of sulfone groups is 1. The average Bonchev–Trinajstić information content (AvgIpc) is 2.07. The Bertz CT molecular complexity index is 395. The van der Waals surface area contributed by atoms with Gasteiger partial charge in [0.2, 0.25) is 0 Å². The first-order valence-corrected chi connectivity index (χ1v) is 7.07. The molecule has 1 unspecified atom stereocenters. The van der Waals surface area contributed by atoms with Gasteiger partial charge in [0.05, 0.1) is 5.25 Å². The van der Waals surface area contributed by atoms with E-state index in [2.05, 4.69) is 15.9 Å². The molecule has 14 heavy (non-hydrogen) atoms. The number of benzene rings is 1. The summed E-state index contributed by atoms with van der Waals surface area (Å²) in [5.74, 6) is 0. The summed E-state index contributed by atoms with van der Waals surface area (Å²) in [6.45, 7) is 1.73. The molecule has 0 aliphatic rings. The third-order valence-electron chi connectivity index (χ3n) is 2.17. The fraction of sp³-hybridized carbons (Fsp3) is 0.400. The molecule has 1 atom stereocenters. The minimum atomic E-state index is -2.92. The molecule has 0 N–H and O–H groups in total. The Hall–Kier alpha value is -0.350. The zero-order valence-electron chi connectivity index (χ0n) is 8.20. The lowest BCUT2D eigenvalue weighted by Gasteiger charge is -2.08. The predicted octanol–water partition coefficient (Wildman–Crippen LogP) is 2.42. The summed E-state index contributed by atoms with van der Waals surface area (Å²) in [7, 11) is -2.92. The fourth-order valence-corrected chi connectivity index (χ4v) is 1.86. The van der Waals surface area contributed by atoms with E-state index in [0.29, 0.717) is 6.42 Å². The standard InChI is InChI=1S/C10H13BrO2S/c1-8(14(2,12)13)7-9-3-5-10(11)6-4-9/h3-6,8H,7H2,1-2H3. The lowest BCUT2D eigenvalue weighted by atomic mass is 10.1. The van der Waals surface area contributed by atoms with E-state index >= 15 is 0 Å². The maximum absolute atomic E-state index is 11.2. The van der Waals surface area contributed by atoms with Gasteiger partial charge in [0, 0.05) is 10.7 Å². The molecular weight excluding hydrogens is 264 g/mol. The van der Waals surface area contributed by atoms with Crippen LogP contribution in [0.1, 0.15) is 12.5 Å². The van der Waals surface area contributed by atoms with Crippen LogP contribution in [0.2, 0.25) is 0 Å². The Morgan fingerprint density at radius 2 is 1.79 bits per heavy atom. The molecule has 0 saturated carbocycles. The summed E-state index contributed by atoms with van der Waals surface area (Å²) >= 11 is 3.33. The zero-order valence-corrected chi connectivity index (χ0v) is 10.6. The second-order valence-corrected chi connectivity index (χ2v) is 6.85. The van der Waals surface area contributed by atoms with Gasteiger partial charge in [-0.05, 0) is 31.0 Å². The minimum Gasteiger partial charge on any atom is -0.229 e. The molecule has 78 valence electrons. The fourth-order valence-electron chi connectivity index (χ4n) is 1.10. The summed E-state index contributed by atoms with van der Waals surface area (Å²) in [6.07, 6.45) is 1.85. The zero-order chi connectivity index (χ0) is 10.8. The lowest BCUT2D eigenvalue weighted by Crippen LogP contribution is -2.18. The molecule has 1 rings (SSSR count). The Balaban J connectivity index is 2.75. The SMILES string of the molecule is CC(Cc1ccc(Br)cc1)S(C)(=O)=O. The molecule has 2 nitrogen and oxygen atoms in total. The number of rotatable bonds is 3. The first-order chi connectivity index (χ1) is 6.39. The van der Waals surface area contributed by atoms with E-state index in [1.165, 1.54) is 6.26 Å². The van der Waals surface area contributed by atoms with Crippen LogP contribution in [-0.2, 0) is 16.3 Å². The van der Waals surface area contributed by atoms with Gasteiger partial charge in [-0.15, -0.1) is 0 Å². The van der Waals surface area contributed by atoms with Crippen molar-refractivity contribution in [2.45, 2.75) is 18.6 Å². The van der Waals surface area contributed by atoms with Crippen molar-refractivity contribution in [1.29, 1.82) is 0 Å². The second-order valence-electron chi connectivity index (χ2n) is 3.47. The van der Waals surface area contributed by atoms with Crippen molar-refractivity contribution in [2.24, 2.45) is 0 Å². The highest BCUT2D eigenvalue weighted by atomic mass is 79.9. The molecule has 0 fully saturated rings. The molecule has 0 radical (unpaired) electrons. The van der Waals surface area contributed by atoms with Crippen LogP contribution in [0.5, 0.6) is 0 Å². The molecule has 0 heterocycles. The minimum absolute atomic E-state index is 0.316. The molecule has 0 bridgehead atoms. The third-order valence-corrected chi connectivity index (χ3v) is 4.32. The molecule has 0 spiro atoms. The van der Waals surface area contributed by atoms with Crippen molar-refractivity contribution in [3.63, 3.8) is 0 Å². The lowest BCUT2D eigenvalue weighted by molar-refractivity contribution is 0.588. The number of hydrogen-bond acceptors (Lipinski definition) is 2. The smallest absolute Gasteiger partial charge is 0.150 e. The van der Waals surface area contributed by atoms with Gasteiger partial charge >= 0.3 is 0 Å². The Kier molecular flexibility index (Phi) is 3.72. The van der Waals surface area contributed by atoms with Crippen molar-refractivity contribution >= 4 is 25.8 Å². The van der Waals surface area contributed by atoms with Crippen LogP contribution in [0, 0.1) is 0 Å². The van der Waals surface area contributed by atoms with E-state index in [0.717, 1.165) is 10.0 Å². The largest absolute Gasteiger partial charge is 0.229 e. The van der Waals surface area contributed by atoms with E-state index in [9.17, 15) is 8.42 Å². The predicted molar refractivity (Wildman–Crippen MR) is 62.2 cm³/mol. The quantitative estimate of drug-likeness (QED) is 0.850. The van der Waals surface area contributed by atoms with Gasteiger partial charge in [0.1, 0.15) is 9.84 Å². The van der Waals surface area contributed by atoms with Crippen molar-refractivity contribution in [2.75, 3.05) is 6.26 Å². The topological polar surface area (TPSA) is 34.1 Å². The molecular formula is C10H13BrO2S. The molecule has 0 saturated heterocycles. The molecule has 0 aliphatic carbocycles. The van der Waals surface area contributed by atoms with E-state index in [1.54, 1.807) is 6.92 Å². The van der Waals surface area contributed by atoms with Gasteiger partial charge in [0.25, 0.3) is 0 Å². The van der Waals surface area contributed by atoms with Crippen molar-refractivity contribution in [3.8, 4) is 0 Å². The normalized spacial score (nSPS) is 13.9. The highest BCUT2D eigenvalue weighted by Gasteiger charge is 2.14. The molecule has 0 aromatic heterocycles. The van der Waals surface area contributed by atoms with Gasteiger partial charge < -0.3 is 0 Å². The molecule has 1 aromatic rings. The first-order valence-electron chi connectivity index (χ1n) is 4.33. The van der Waals surface area contributed by atoms with E-state index in [4.69, 9.17) is 0 Å². The molecule has 0 aliphatic heterocycles. The molecule has 0 amide bonds. The maximum atomic E-state index is 11.2. The highest BCUT2D eigenvalue weighted by molar-refractivity contribution is 9.10. The van der Waals surface area contributed by atoms with Crippen LogP contribution in [0.3, 0.4) is 0 Å². The molecule has 4 heteroatoms. The van der Waals surface area contributed by atoms with Crippen molar-refractivity contribution in [1.82, 2.24) is 0 Å². The summed E-state index contributed by atoms with van der Waals surface area (Å²) in [4.78, 5) is 0. The Morgan fingerprint density at radius 1 is 1.29 bits per heavy atom. The first kappa shape index (κ1) is 11.7. The summed E-state index contributed by atoms with van der Waals surface area (Å²) < 4.78 is 23.4. The van der Waals surface area contributed by atoms with Crippen LogP contribution in [0.4, 0.5) is 0 Å². The highest BCUT2D eigenvalue weighted by Crippen LogP contribution is 2.13. The summed E-state index contributed by atoms with van der Waals surface area (Å²) in [6, 6.07) is 7.71. The monoisotopic (exact) mass is 276 g/mol. The summed E-state index contributed by atoms with van der Waals surface area (Å²) in [5.41, 5.74) is 1.05. The van der Waals surface area contributed by atoms with Crippen LogP contribution in [0.15, 0.2) is 28.7 Å².